The van der Waals surface area contributed by atoms with Crippen molar-refractivity contribution in [2.45, 2.75) is 38.3 Å². The van der Waals surface area contributed by atoms with Crippen molar-refractivity contribution in [3.8, 4) is 0 Å². The first kappa shape index (κ1) is 29.0. The summed E-state index contributed by atoms with van der Waals surface area (Å²) < 4.78 is 2.13. The van der Waals surface area contributed by atoms with Crippen LogP contribution in [0.2, 0.25) is 0 Å². The summed E-state index contributed by atoms with van der Waals surface area (Å²) in [5.41, 5.74) is 3.16. The fourth-order valence-corrected chi connectivity index (χ4v) is 5.70. The number of carboxylic acid groups (broad SMARTS) is 1. The van der Waals surface area contributed by atoms with E-state index in [1.807, 2.05) is 18.3 Å². The molecule has 1 atom stereocenters. The second kappa shape index (κ2) is 13.9. The van der Waals surface area contributed by atoms with Crippen LogP contribution in [0.25, 0.3) is 10.9 Å². The Kier molecular flexibility index (Phi) is 9.61. The molecule has 0 aliphatic carbocycles. The number of nitro benzene ring substituents is 1. The van der Waals surface area contributed by atoms with Crippen LogP contribution in [0, 0.1) is 16.0 Å². The van der Waals surface area contributed by atoms with E-state index in [0.717, 1.165) is 56.3 Å². The maximum Gasteiger partial charge on any atom is 0.269 e. The molecule has 3 aromatic carbocycles. The van der Waals surface area contributed by atoms with E-state index >= 15 is 0 Å². The molecule has 0 bridgehead atoms. The highest BCUT2D eigenvalue weighted by molar-refractivity contribution is 5.78. The number of para-hydroxylation sites is 1. The number of amides is 1. The summed E-state index contributed by atoms with van der Waals surface area (Å²) in [6, 6.07) is 25.0. The maximum absolute atomic E-state index is 11.7. The minimum absolute atomic E-state index is 0.0212. The predicted octanol–water partition coefficient (Wildman–Crippen LogP) is 5.23. The SMILES string of the molecule is O=C([O-])N(CC=CC1CCN(CCC(Cn2ncc3ccccc32)c2ccccc2)CC1)Cc1ccc([N+](=O)[O-])cc1. The van der Waals surface area contributed by atoms with Gasteiger partial charge in [0.15, 0.2) is 0 Å². The van der Waals surface area contributed by atoms with Gasteiger partial charge in [-0.05, 0) is 62.0 Å². The molecule has 4 aromatic rings. The van der Waals surface area contributed by atoms with Crippen LogP contribution in [-0.2, 0) is 13.1 Å². The Morgan fingerprint density at radius 2 is 1.74 bits per heavy atom. The quantitative estimate of drug-likeness (QED) is 0.132. The van der Waals surface area contributed by atoms with Crippen LogP contribution in [0.1, 0.15) is 36.3 Å². The number of nitrogens with zero attached hydrogens (tertiary/aromatic N) is 5. The predicted molar refractivity (Wildman–Crippen MR) is 161 cm³/mol. The van der Waals surface area contributed by atoms with E-state index < -0.39 is 11.0 Å². The van der Waals surface area contributed by atoms with Crippen LogP contribution in [-0.4, -0.2) is 56.8 Å². The van der Waals surface area contributed by atoms with E-state index in [4.69, 9.17) is 0 Å². The third kappa shape index (κ3) is 7.61. The minimum Gasteiger partial charge on any atom is -0.530 e. The van der Waals surface area contributed by atoms with Crippen molar-refractivity contribution < 1.29 is 14.8 Å². The molecule has 1 aromatic heterocycles. The summed E-state index contributed by atoms with van der Waals surface area (Å²) >= 11 is 0. The molecule has 9 nitrogen and oxygen atoms in total. The smallest absolute Gasteiger partial charge is 0.269 e. The van der Waals surface area contributed by atoms with Crippen molar-refractivity contribution in [1.29, 1.82) is 0 Å². The molecular formula is C33H36N5O4-. The van der Waals surface area contributed by atoms with Gasteiger partial charge in [-0.25, -0.2) is 0 Å². The fraction of sp³-hybridized carbons (Fsp3) is 0.333. The molecule has 42 heavy (non-hydrogen) atoms. The normalized spacial score (nSPS) is 15.2. The number of fused-ring (bicyclic) bond motifs is 1. The first-order chi connectivity index (χ1) is 20.5. The number of carbonyl (C=O) groups is 1. The molecule has 5 rings (SSSR count). The molecule has 1 aliphatic rings. The Hall–Kier alpha value is -4.50. The number of piperidine rings is 1. The standard InChI is InChI=1S/C33H37N5O4/c39-33(40)36(24-27-12-14-31(15-13-27)38(41)42)19-6-7-26-16-20-35(21-17-26)22-18-30(28-8-2-1-3-9-28)25-37-32-11-5-4-10-29(32)23-34-37/h1-15,23,26,30H,16-22,24-25H2,(H,39,40)/p-1. The Labute approximate surface area is 245 Å². The summed E-state index contributed by atoms with van der Waals surface area (Å²) in [6.45, 7) is 4.22. The van der Waals surface area contributed by atoms with Crippen LogP contribution in [0.4, 0.5) is 10.5 Å². The maximum atomic E-state index is 11.7. The van der Waals surface area contributed by atoms with Crippen LogP contribution < -0.4 is 5.11 Å². The van der Waals surface area contributed by atoms with E-state index in [1.54, 1.807) is 12.1 Å². The van der Waals surface area contributed by atoms with Crippen LogP contribution >= 0.6 is 0 Å². The van der Waals surface area contributed by atoms with Gasteiger partial charge in [0.2, 0.25) is 0 Å². The van der Waals surface area contributed by atoms with Crippen LogP contribution in [0.3, 0.4) is 0 Å². The first-order valence-corrected chi connectivity index (χ1v) is 14.5. The molecule has 218 valence electrons. The van der Waals surface area contributed by atoms with Gasteiger partial charge in [-0.1, -0.05) is 72.8 Å². The van der Waals surface area contributed by atoms with E-state index in [2.05, 4.69) is 69.3 Å². The van der Waals surface area contributed by atoms with Crippen molar-refractivity contribution >= 4 is 22.7 Å². The highest BCUT2D eigenvalue weighted by Gasteiger charge is 2.20. The largest absolute Gasteiger partial charge is 0.530 e. The number of hydrogen-bond donors (Lipinski definition) is 0. The molecule has 1 unspecified atom stereocenters. The number of hydrogen-bond acceptors (Lipinski definition) is 6. The topological polar surface area (TPSA) is 108 Å². The number of nitro groups is 1. The Morgan fingerprint density at radius 1 is 1.02 bits per heavy atom. The zero-order chi connectivity index (χ0) is 29.3. The molecule has 1 fully saturated rings. The van der Waals surface area contributed by atoms with Crippen LogP contribution in [0.15, 0.2) is 97.2 Å². The second-order valence-electron chi connectivity index (χ2n) is 11.0. The van der Waals surface area contributed by atoms with Crippen molar-refractivity contribution in [3.05, 3.63) is 118 Å². The lowest BCUT2D eigenvalue weighted by molar-refractivity contribution is -0.384. The molecule has 1 aliphatic heterocycles. The Morgan fingerprint density at radius 3 is 2.45 bits per heavy atom. The van der Waals surface area contributed by atoms with Gasteiger partial charge in [0.05, 0.1) is 16.6 Å². The van der Waals surface area contributed by atoms with Gasteiger partial charge in [0, 0.05) is 43.1 Å². The molecule has 0 radical (unpaired) electrons. The lowest BCUT2D eigenvalue weighted by Gasteiger charge is -2.32. The summed E-state index contributed by atoms with van der Waals surface area (Å²) in [6.07, 6.45) is 7.82. The summed E-state index contributed by atoms with van der Waals surface area (Å²) in [4.78, 5) is 25.8. The molecule has 9 heteroatoms. The van der Waals surface area contributed by atoms with Gasteiger partial charge in [-0.3, -0.25) is 14.8 Å². The zero-order valence-electron chi connectivity index (χ0n) is 23.6. The minimum atomic E-state index is -1.26. The number of rotatable bonds is 12. The molecule has 1 saturated heterocycles. The lowest BCUT2D eigenvalue weighted by Crippen LogP contribution is -2.40. The van der Waals surface area contributed by atoms with Gasteiger partial charge in [0.25, 0.3) is 5.69 Å². The van der Waals surface area contributed by atoms with E-state index in [0.29, 0.717) is 17.4 Å². The molecule has 0 saturated carbocycles. The number of non-ortho nitro benzene ring substituents is 1. The van der Waals surface area contributed by atoms with Gasteiger partial charge in [-0.15, -0.1) is 0 Å². The van der Waals surface area contributed by atoms with E-state index in [1.165, 1.54) is 22.6 Å². The number of allylic oxidation sites excluding steroid dienone is 1. The number of carbonyl (C=O) groups excluding carboxylic acids is 1. The first-order valence-electron chi connectivity index (χ1n) is 14.5. The van der Waals surface area contributed by atoms with Crippen molar-refractivity contribution in [3.63, 3.8) is 0 Å². The van der Waals surface area contributed by atoms with Crippen molar-refractivity contribution in [2.75, 3.05) is 26.2 Å². The highest BCUT2D eigenvalue weighted by atomic mass is 16.6. The number of aromatic nitrogens is 2. The number of likely N-dealkylation sites (tertiary alicyclic amines) is 1. The summed E-state index contributed by atoms with van der Waals surface area (Å²) in [5.74, 6) is 0.767. The molecule has 0 N–H and O–H groups in total. The van der Waals surface area contributed by atoms with Crippen molar-refractivity contribution in [1.82, 2.24) is 19.6 Å². The summed E-state index contributed by atoms with van der Waals surface area (Å²) in [7, 11) is 0. The van der Waals surface area contributed by atoms with Gasteiger partial charge in [0.1, 0.15) is 6.09 Å². The van der Waals surface area contributed by atoms with Gasteiger partial charge < -0.3 is 19.7 Å². The average molecular weight is 567 g/mol. The van der Waals surface area contributed by atoms with Crippen molar-refractivity contribution in [2.24, 2.45) is 5.92 Å². The number of benzene rings is 3. The zero-order valence-corrected chi connectivity index (χ0v) is 23.6. The molecular weight excluding hydrogens is 530 g/mol. The van der Waals surface area contributed by atoms with E-state index in [-0.39, 0.29) is 18.8 Å². The third-order valence-corrected chi connectivity index (χ3v) is 8.15. The average Bonchev–Trinajstić information content (AvgIpc) is 3.42. The monoisotopic (exact) mass is 566 g/mol. The van der Waals surface area contributed by atoms with Gasteiger partial charge in [-0.2, -0.15) is 5.10 Å². The summed E-state index contributed by atoms with van der Waals surface area (Å²) in [5, 5.41) is 28.3. The fourth-order valence-electron chi connectivity index (χ4n) is 5.70. The van der Waals surface area contributed by atoms with E-state index in [9.17, 15) is 20.0 Å². The highest BCUT2D eigenvalue weighted by Crippen LogP contribution is 2.26. The van der Waals surface area contributed by atoms with Gasteiger partial charge >= 0.3 is 0 Å². The molecule has 1 amide bonds. The third-order valence-electron chi connectivity index (χ3n) is 8.15. The lowest BCUT2D eigenvalue weighted by atomic mass is 9.93. The Bertz CT molecular complexity index is 1490. The Balaban J connectivity index is 1.11. The second-order valence-corrected chi connectivity index (χ2v) is 11.0. The molecule has 0 spiro atoms. The molecule has 2 heterocycles. The van der Waals surface area contributed by atoms with Crippen LogP contribution in [0.5, 0.6) is 0 Å².